The zero-order valence-electron chi connectivity index (χ0n) is 12.9. The van der Waals surface area contributed by atoms with Crippen molar-refractivity contribution in [1.82, 2.24) is 0 Å². The fourth-order valence-electron chi connectivity index (χ4n) is 2.17. The predicted octanol–water partition coefficient (Wildman–Crippen LogP) is 2.53. The Morgan fingerprint density at radius 2 is 1.77 bits per heavy atom. The molecule has 0 spiro atoms. The van der Waals surface area contributed by atoms with E-state index in [0.29, 0.717) is 31.1 Å². The molecule has 118 valence electrons. The minimum atomic E-state index is -0.259. The first-order chi connectivity index (χ1) is 10.7. The third-order valence-corrected chi connectivity index (χ3v) is 3.28. The molecule has 4 heteroatoms. The normalized spacial score (nSPS) is 12.0. The Balaban J connectivity index is 2.09. The molecule has 3 N–H and O–H groups in total. The van der Waals surface area contributed by atoms with E-state index in [2.05, 4.69) is 0 Å². The third-order valence-electron chi connectivity index (χ3n) is 3.28. The maximum Gasteiger partial charge on any atom is 0.161 e. The second-order valence-corrected chi connectivity index (χ2v) is 5.14. The number of benzene rings is 2. The highest BCUT2D eigenvalue weighted by atomic mass is 16.5. The van der Waals surface area contributed by atoms with Crippen molar-refractivity contribution in [2.75, 3.05) is 13.2 Å². The largest absolute Gasteiger partial charge is 0.490 e. The highest BCUT2D eigenvalue weighted by molar-refractivity contribution is 5.43. The Labute approximate surface area is 131 Å². The summed E-state index contributed by atoms with van der Waals surface area (Å²) in [4.78, 5) is 0. The summed E-state index contributed by atoms with van der Waals surface area (Å²) in [6.07, 6.45) is 0.607. The maximum absolute atomic E-state index is 9.05. The molecular weight excluding hydrogens is 278 g/mol. The van der Waals surface area contributed by atoms with Crippen molar-refractivity contribution < 1.29 is 14.6 Å². The Morgan fingerprint density at radius 3 is 2.45 bits per heavy atom. The van der Waals surface area contributed by atoms with Gasteiger partial charge in [0.1, 0.15) is 6.61 Å². The van der Waals surface area contributed by atoms with Gasteiger partial charge in [-0.15, -0.1) is 0 Å². The Bertz CT molecular complexity index is 572. The van der Waals surface area contributed by atoms with E-state index >= 15 is 0 Å². The molecule has 2 rings (SSSR count). The number of aliphatic hydroxyl groups excluding tert-OH is 1. The summed E-state index contributed by atoms with van der Waals surface area (Å²) < 4.78 is 11.5. The Kier molecular flexibility index (Phi) is 6.25. The molecule has 0 aliphatic rings. The van der Waals surface area contributed by atoms with Gasteiger partial charge < -0.3 is 20.3 Å². The van der Waals surface area contributed by atoms with Crippen LogP contribution in [-0.2, 0) is 13.0 Å². The quantitative estimate of drug-likeness (QED) is 0.786. The van der Waals surface area contributed by atoms with Crippen molar-refractivity contribution >= 4 is 0 Å². The lowest BCUT2D eigenvalue weighted by atomic mass is 10.1. The molecule has 0 bridgehead atoms. The fourth-order valence-corrected chi connectivity index (χ4v) is 2.17. The van der Waals surface area contributed by atoms with Crippen LogP contribution >= 0.6 is 0 Å². The van der Waals surface area contributed by atoms with E-state index in [-0.39, 0.29) is 12.6 Å². The molecule has 1 unspecified atom stereocenters. The van der Waals surface area contributed by atoms with Gasteiger partial charge in [-0.05, 0) is 36.6 Å². The van der Waals surface area contributed by atoms with Gasteiger partial charge in [-0.25, -0.2) is 0 Å². The van der Waals surface area contributed by atoms with Crippen molar-refractivity contribution in [1.29, 1.82) is 0 Å². The van der Waals surface area contributed by atoms with Crippen LogP contribution in [-0.4, -0.2) is 24.4 Å². The average molecular weight is 301 g/mol. The van der Waals surface area contributed by atoms with Crippen LogP contribution < -0.4 is 15.2 Å². The fraction of sp³-hybridized carbons (Fsp3) is 0.333. The van der Waals surface area contributed by atoms with Crippen molar-refractivity contribution in [2.24, 2.45) is 5.73 Å². The van der Waals surface area contributed by atoms with Crippen LogP contribution in [0.4, 0.5) is 0 Å². The molecule has 0 aliphatic carbocycles. The average Bonchev–Trinajstić information content (AvgIpc) is 2.55. The van der Waals surface area contributed by atoms with Gasteiger partial charge in [0.15, 0.2) is 11.5 Å². The molecule has 2 aromatic carbocycles. The number of ether oxygens (including phenoxy) is 2. The standard InChI is InChI=1S/C18H23NO3/c1-2-21-18-11-15(10-16(19)12-20)8-9-17(18)22-13-14-6-4-3-5-7-14/h3-9,11,16,20H,2,10,12-13,19H2,1H3. The molecule has 0 saturated heterocycles. The van der Waals surface area contributed by atoms with E-state index in [9.17, 15) is 0 Å². The summed E-state index contributed by atoms with van der Waals surface area (Å²) in [6, 6.07) is 15.5. The number of aliphatic hydroxyl groups is 1. The molecule has 2 aromatic rings. The monoisotopic (exact) mass is 301 g/mol. The van der Waals surface area contributed by atoms with Crippen molar-refractivity contribution in [3.05, 3.63) is 59.7 Å². The maximum atomic E-state index is 9.05. The zero-order valence-corrected chi connectivity index (χ0v) is 12.9. The molecule has 0 heterocycles. The van der Waals surface area contributed by atoms with Gasteiger partial charge in [0.05, 0.1) is 13.2 Å². The van der Waals surface area contributed by atoms with E-state index in [4.69, 9.17) is 20.3 Å². The molecule has 0 amide bonds. The number of rotatable bonds is 8. The Hall–Kier alpha value is -2.04. The van der Waals surface area contributed by atoms with Gasteiger partial charge in [-0.1, -0.05) is 36.4 Å². The number of nitrogens with two attached hydrogens (primary N) is 1. The van der Waals surface area contributed by atoms with E-state index < -0.39 is 0 Å². The van der Waals surface area contributed by atoms with Crippen molar-refractivity contribution in [2.45, 2.75) is 26.0 Å². The van der Waals surface area contributed by atoms with Gasteiger partial charge in [0, 0.05) is 6.04 Å². The van der Waals surface area contributed by atoms with Crippen molar-refractivity contribution in [3.8, 4) is 11.5 Å². The van der Waals surface area contributed by atoms with Crippen LogP contribution in [0.5, 0.6) is 11.5 Å². The number of hydrogen-bond donors (Lipinski definition) is 2. The third kappa shape index (κ3) is 4.76. The van der Waals surface area contributed by atoms with Gasteiger partial charge in [0.25, 0.3) is 0 Å². The summed E-state index contributed by atoms with van der Waals surface area (Å²) in [5.74, 6) is 1.42. The molecule has 1 atom stereocenters. The molecule has 22 heavy (non-hydrogen) atoms. The molecule has 0 saturated carbocycles. The lowest BCUT2D eigenvalue weighted by molar-refractivity contribution is 0.263. The molecular formula is C18H23NO3. The lowest BCUT2D eigenvalue weighted by Gasteiger charge is -2.15. The van der Waals surface area contributed by atoms with E-state index in [1.165, 1.54) is 0 Å². The minimum Gasteiger partial charge on any atom is -0.490 e. The summed E-state index contributed by atoms with van der Waals surface area (Å²) in [5, 5.41) is 9.05. The van der Waals surface area contributed by atoms with Crippen LogP contribution in [0.1, 0.15) is 18.1 Å². The van der Waals surface area contributed by atoms with E-state index in [1.807, 2.05) is 55.5 Å². The van der Waals surface area contributed by atoms with Gasteiger partial charge >= 0.3 is 0 Å². The van der Waals surface area contributed by atoms with Gasteiger partial charge in [0.2, 0.25) is 0 Å². The second-order valence-electron chi connectivity index (χ2n) is 5.14. The van der Waals surface area contributed by atoms with Gasteiger partial charge in [-0.2, -0.15) is 0 Å². The first-order valence-electron chi connectivity index (χ1n) is 7.51. The predicted molar refractivity (Wildman–Crippen MR) is 87.2 cm³/mol. The van der Waals surface area contributed by atoms with Crippen LogP contribution in [0.2, 0.25) is 0 Å². The van der Waals surface area contributed by atoms with Gasteiger partial charge in [-0.3, -0.25) is 0 Å². The van der Waals surface area contributed by atoms with Crippen LogP contribution in [0.15, 0.2) is 48.5 Å². The van der Waals surface area contributed by atoms with Crippen LogP contribution in [0, 0.1) is 0 Å². The molecule has 0 radical (unpaired) electrons. The van der Waals surface area contributed by atoms with E-state index in [1.54, 1.807) is 0 Å². The second kappa shape index (κ2) is 8.41. The SMILES string of the molecule is CCOc1cc(CC(N)CO)ccc1OCc1ccccc1. The summed E-state index contributed by atoms with van der Waals surface area (Å²) in [7, 11) is 0. The van der Waals surface area contributed by atoms with Crippen LogP contribution in [0.25, 0.3) is 0 Å². The summed E-state index contributed by atoms with van der Waals surface area (Å²) in [6.45, 7) is 2.97. The highest BCUT2D eigenvalue weighted by Gasteiger charge is 2.09. The summed E-state index contributed by atoms with van der Waals surface area (Å²) in [5.41, 5.74) is 7.91. The minimum absolute atomic E-state index is 0.0315. The lowest BCUT2D eigenvalue weighted by Crippen LogP contribution is -2.26. The molecule has 4 nitrogen and oxygen atoms in total. The zero-order chi connectivity index (χ0) is 15.8. The topological polar surface area (TPSA) is 64.7 Å². The summed E-state index contributed by atoms with van der Waals surface area (Å²) >= 11 is 0. The first kappa shape index (κ1) is 16.3. The molecule has 0 aromatic heterocycles. The van der Waals surface area contributed by atoms with Crippen molar-refractivity contribution in [3.63, 3.8) is 0 Å². The number of hydrogen-bond acceptors (Lipinski definition) is 4. The Morgan fingerprint density at radius 1 is 1.00 bits per heavy atom. The highest BCUT2D eigenvalue weighted by Crippen LogP contribution is 2.29. The first-order valence-corrected chi connectivity index (χ1v) is 7.51. The molecule has 0 aliphatic heterocycles. The van der Waals surface area contributed by atoms with E-state index in [0.717, 1.165) is 11.1 Å². The van der Waals surface area contributed by atoms with Crippen LogP contribution in [0.3, 0.4) is 0 Å². The smallest absolute Gasteiger partial charge is 0.161 e. The molecule has 0 fully saturated rings.